The molecular formula is C28H40N6O2. The van der Waals surface area contributed by atoms with Crippen molar-refractivity contribution < 1.29 is 9.47 Å². The third kappa shape index (κ3) is 6.22. The number of anilines is 2. The highest BCUT2D eigenvalue weighted by molar-refractivity contribution is 6.12. The zero-order valence-electron chi connectivity index (χ0n) is 22.3. The van der Waals surface area contributed by atoms with Crippen LogP contribution >= 0.6 is 0 Å². The highest BCUT2D eigenvalue weighted by Gasteiger charge is 2.32. The largest absolute Gasteiger partial charge is 0.494 e. The minimum atomic E-state index is -0.201. The molecule has 36 heavy (non-hydrogen) atoms. The van der Waals surface area contributed by atoms with E-state index >= 15 is 0 Å². The molecule has 1 saturated heterocycles. The van der Waals surface area contributed by atoms with Gasteiger partial charge in [-0.3, -0.25) is 9.89 Å². The summed E-state index contributed by atoms with van der Waals surface area (Å²) in [4.78, 5) is 16.8. The zero-order valence-corrected chi connectivity index (χ0v) is 22.3. The summed E-state index contributed by atoms with van der Waals surface area (Å²) < 4.78 is 11.6. The molecule has 1 fully saturated rings. The number of hydrogen-bond acceptors (Lipinski definition) is 8. The third-order valence-corrected chi connectivity index (χ3v) is 6.77. The van der Waals surface area contributed by atoms with Crippen molar-refractivity contribution in [1.29, 1.82) is 5.41 Å². The lowest BCUT2D eigenvalue weighted by molar-refractivity contribution is 0.237. The smallest absolute Gasteiger partial charge is 0.227 e. The predicted octanol–water partition coefficient (Wildman–Crippen LogP) is 5.26. The fraction of sp³-hybridized carbons (Fsp3) is 0.571. The topological polar surface area (TPSA) is 95.7 Å². The number of hydrogen-bond donors (Lipinski definition) is 2. The van der Waals surface area contributed by atoms with Crippen molar-refractivity contribution in [3.8, 4) is 11.5 Å². The van der Waals surface area contributed by atoms with Gasteiger partial charge in [-0.05, 0) is 76.2 Å². The van der Waals surface area contributed by atoms with Gasteiger partial charge in [0.05, 0.1) is 24.4 Å². The molecule has 2 aliphatic rings. The highest BCUT2D eigenvalue weighted by Crippen LogP contribution is 2.34. The highest BCUT2D eigenvalue weighted by atomic mass is 16.5. The number of aryl methyl sites for hydroxylation is 1. The van der Waals surface area contributed by atoms with E-state index in [0.29, 0.717) is 30.4 Å². The number of ether oxygens (including phenoxy) is 2. The zero-order chi connectivity index (χ0) is 25.7. The number of rotatable bonds is 10. The van der Waals surface area contributed by atoms with Crippen LogP contribution in [0.5, 0.6) is 11.5 Å². The molecule has 2 N–H and O–H groups in total. The normalized spacial score (nSPS) is 18.6. The van der Waals surface area contributed by atoms with Crippen LogP contribution in [0.15, 0.2) is 29.4 Å². The standard InChI is InChI=1S/C28H40N6O2/c1-18(2)26(31-19(3)4)25-22(29)10-8-20-17-30-28(33-27(20)25)32-23-11-9-21(16-24(23)35-5)36-15-14-34-12-6-7-13-34/h9,11,16-19,25,29H,6-8,10,12-15H2,1-5H3,(H,30,32,33). The molecule has 0 radical (unpaired) electrons. The lowest BCUT2D eigenvalue weighted by Crippen LogP contribution is -2.32. The Morgan fingerprint density at radius 2 is 1.97 bits per heavy atom. The average molecular weight is 493 g/mol. The summed E-state index contributed by atoms with van der Waals surface area (Å²) >= 11 is 0. The molecule has 0 amide bonds. The Kier molecular flexibility index (Phi) is 8.56. The van der Waals surface area contributed by atoms with Crippen LogP contribution in [0.4, 0.5) is 11.6 Å². The second-order valence-corrected chi connectivity index (χ2v) is 10.2. The Labute approximate surface area is 215 Å². The van der Waals surface area contributed by atoms with Crippen LogP contribution < -0.4 is 14.8 Å². The summed E-state index contributed by atoms with van der Waals surface area (Å²) in [5, 5.41) is 12.1. The van der Waals surface area contributed by atoms with Crippen LogP contribution in [0.2, 0.25) is 0 Å². The van der Waals surface area contributed by atoms with Gasteiger partial charge in [0.1, 0.15) is 18.1 Å². The van der Waals surface area contributed by atoms with Gasteiger partial charge >= 0.3 is 0 Å². The molecule has 8 nitrogen and oxygen atoms in total. The molecule has 0 spiro atoms. The maximum absolute atomic E-state index is 8.74. The van der Waals surface area contributed by atoms with E-state index in [2.05, 4.69) is 42.9 Å². The fourth-order valence-electron chi connectivity index (χ4n) is 4.96. The van der Waals surface area contributed by atoms with Crippen LogP contribution in [0.3, 0.4) is 0 Å². The Balaban J connectivity index is 1.53. The summed E-state index contributed by atoms with van der Waals surface area (Å²) in [5.41, 5.74) is 4.44. The lowest BCUT2D eigenvalue weighted by Gasteiger charge is -2.29. The number of nitrogens with one attached hydrogen (secondary N) is 2. The quantitative estimate of drug-likeness (QED) is 0.439. The first kappa shape index (κ1) is 26.1. The molecule has 1 aliphatic heterocycles. The Morgan fingerprint density at radius 3 is 2.67 bits per heavy atom. The van der Waals surface area contributed by atoms with Gasteiger partial charge in [-0.2, -0.15) is 0 Å². The monoisotopic (exact) mass is 492 g/mol. The maximum Gasteiger partial charge on any atom is 0.227 e. The molecule has 2 heterocycles. The second kappa shape index (κ2) is 11.8. The van der Waals surface area contributed by atoms with Gasteiger partial charge in [-0.15, -0.1) is 0 Å². The summed E-state index contributed by atoms with van der Waals surface area (Å²) in [7, 11) is 1.65. The lowest BCUT2D eigenvalue weighted by atomic mass is 9.79. The molecule has 4 rings (SSSR count). The van der Waals surface area contributed by atoms with E-state index in [1.165, 1.54) is 25.9 Å². The number of nitrogens with zero attached hydrogens (tertiary/aromatic N) is 4. The van der Waals surface area contributed by atoms with Crippen molar-refractivity contribution in [2.45, 2.75) is 65.3 Å². The van der Waals surface area contributed by atoms with Crippen molar-refractivity contribution >= 4 is 23.1 Å². The van der Waals surface area contributed by atoms with Crippen LogP contribution in [-0.2, 0) is 6.42 Å². The van der Waals surface area contributed by atoms with E-state index in [1.807, 2.05) is 24.4 Å². The van der Waals surface area contributed by atoms with Crippen LogP contribution in [0.1, 0.15) is 64.1 Å². The predicted molar refractivity (Wildman–Crippen MR) is 146 cm³/mol. The van der Waals surface area contributed by atoms with Crippen molar-refractivity contribution in [3.63, 3.8) is 0 Å². The number of likely N-dealkylation sites (tertiary alicyclic amines) is 1. The van der Waals surface area contributed by atoms with Crippen LogP contribution in [-0.4, -0.2) is 65.7 Å². The molecule has 1 unspecified atom stereocenters. The van der Waals surface area contributed by atoms with Gasteiger partial charge < -0.3 is 20.2 Å². The number of methoxy groups -OCH3 is 1. The van der Waals surface area contributed by atoms with Crippen LogP contribution in [0.25, 0.3) is 0 Å². The first-order valence-electron chi connectivity index (χ1n) is 13.2. The van der Waals surface area contributed by atoms with Crippen molar-refractivity contribution in [2.24, 2.45) is 10.9 Å². The van der Waals surface area contributed by atoms with Gasteiger partial charge in [0, 0.05) is 36.3 Å². The van der Waals surface area contributed by atoms with Crippen molar-refractivity contribution in [3.05, 3.63) is 35.7 Å². The third-order valence-electron chi connectivity index (χ3n) is 6.77. The molecule has 0 saturated carbocycles. The minimum absolute atomic E-state index is 0.167. The second-order valence-electron chi connectivity index (χ2n) is 10.2. The Hall–Kier alpha value is -3.00. The van der Waals surface area contributed by atoms with E-state index in [0.717, 1.165) is 41.4 Å². The van der Waals surface area contributed by atoms with E-state index in [-0.39, 0.29) is 17.9 Å². The van der Waals surface area contributed by atoms with Gasteiger partial charge in [0.25, 0.3) is 0 Å². The first-order valence-corrected chi connectivity index (χ1v) is 13.2. The van der Waals surface area contributed by atoms with E-state index in [9.17, 15) is 0 Å². The summed E-state index contributed by atoms with van der Waals surface area (Å²) in [6.45, 7) is 12.4. The van der Waals surface area contributed by atoms with Crippen LogP contribution in [0, 0.1) is 11.3 Å². The van der Waals surface area contributed by atoms with E-state index in [1.54, 1.807) is 7.11 Å². The van der Waals surface area contributed by atoms with Gasteiger partial charge in [-0.1, -0.05) is 13.8 Å². The minimum Gasteiger partial charge on any atom is -0.494 e. The Bertz CT molecular complexity index is 1090. The molecule has 0 bridgehead atoms. The molecule has 1 aromatic carbocycles. The van der Waals surface area contributed by atoms with Gasteiger partial charge in [0.15, 0.2) is 0 Å². The first-order chi connectivity index (χ1) is 17.4. The molecule has 194 valence electrons. The van der Waals surface area contributed by atoms with Gasteiger partial charge in [0.2, 0.25) is 5.95 Å². The number of benzene rings is 1. The summed E-state index contributed by atoms with van der Waals surface area (Å²) in [6, 6.07) is 5.94. The van der Waals surface area contributed by atoms with Crippen molar-refractivity contribution in [1.82, 2.24) is 14.9 Å². The molecule has 1 aromatic heterocycles. The average Bonchev–Trinajstić information content (AvgIpc) is 3.37. The van der Waals surface area contributed by atoms with E-state index in [4.69, 9.17) is 24.9 Å². The van der Waals surface area contributed by atoms with Gasteiger partial charge in [-0.25, -0.2) is 9.97 Å². The number of fused-ring (bicyclic) bond motifs is 1. The SMILES string of the molecule is COc1cc(OCCN2CCCC2)ccc1Nc1ncc2c(n1)C(C(=NC(C)C)C(C)C)C(=N)CC2. The summed E-state index contributed by atoms with van der Waals surface area (Å²) in [6.07, 6.45) is 5.95. The number of aromatic nitrogens is 2. The molecule has 8 heteroatoms. The Morgan fingerprint density at radius 1 is 1.19 bits per heavy atom. The fourth-order valence-corrected chi connectivity index (χ4v) is 4.96. The molecule has 1 atom stereocenters. The summed E-state index contributed by atoms with van der Waals surface area (Å²) in [5.74, 6) is 1.97. The van der Waals surface area contributed by atoms with Crippen molar-refractivity contribution in [2.75, 3.05) is 38.7 Å². The number of aliphatic imine (C=N–C) groups is 1. The maximum atomic E-state index is 8.74. The van der Waals surface area contributed by atoms with E-state index < -0.39 is 0 Å². The molecular weight excluding hydrogens is 452 g/mol. The molecule has 1 aliphatic carbocycles. The molecule has 2 aromatic rings.